The summed E-state index contributed by atoms with van der Waals surface area (Å²) in [5.41, 5.74) is 1.95. The fourth-order valence-corrected chi connectivity index (χ4v) is 2.80. The predicted molar refractivity (Wildman–Crippen MR) is 101 cm³/mol. The van der Waals surface area contributed by atoms with Gasteiger partial charge in [0.1, 0.15) is 6.07 Å². The molecule has 7 heteroatoms. The number of carbonyl (C=O) groups is 3. The van der Waals surface area contributed by atoms with Crippen molar-refractivity contribution >= 4 is 34.8 Å². The SMILES string of the molecule is CC(=O)Nc1cccc(NC(=O)C2CC2C(=O)Nc2ccccc2C#N)c1. The predicted octanol–water partition coefficient (Wildman–Crippen LogP) is 2.73. The molecule has 2 atom stereocenters. The summed E-state index contributed by atoms with van der Waals surface area (Å²) in [7, 11) is 0. The summed E-state index contributed by atoms with van der Waals surface area (Å²) in [6.07, 6.45) is 0.456. The Balaban J connectivity index is 1.58. The number of anilines is 3. The molecule has 1 fully saturated rings. The summed E-state index contributed by atoms with van der Waals surface area (Å²) in [4.78, 5) is 35.8. The van der Waals surface area contributed by atoms with Gasteiger partial charge in [-0.15, -0.1) is 0 Å². The summed E-state index contributed by atoms with van der Waals surface area (Å²) in [5.74, 6) is -1.55. The van der Waals surface area contributed by atoms with Crippen LogP contribution >= 0.6 is 0 Å². The van der Waals surface area contributed by atoms with Crippen molar-refractivity contribution in [3.63, 3.8) is 0 Å². The zero-order valence-corrected chi connectivity index (χ0v) is 14.7. The molecule has 2 aromatic rings. The third-order valence-electron chi connectivity index (χ3n) is 4.22. The number of benzene rings is 2. The fraction of sp³-hybridized carbons (Fsp3) is 0.200. The van der Waals surface area contributed by atoms with E-state index in [1.54, 1.807) is 48.5 Å². The first kappa shape index (κ1) is 18.1. The summed E-state index contributed by atoms with van der Waals surface area (Å²) >= 11 is 0. The third-order valence-corrected chi connectivity index (χ3v) is 4.22. The Morgan fingerprint density at radius 3 is 2.22 bits per heavy atom. The molecule has 3 N–H and O–H groups in total. The molecule has 0 aliphatic heterocycles. The second-order valence-corrected chi connectivity index (χ2v) is 6.35. The zero-order valence-electron chi connectivity index (χ0n) is 14.7. The molecule has 2 aromatic carbocycles. The van der Waals surface area contributed by atoms with Crippen LogP contribution in [0.1, 0.15) is 18.9 Å². The molecule has 27 heavy (non-hydrogen) atoms. The number of amides is 3. The Bertz CT molecular complexity index is 948. The van der Waals surface area contributed by atoms with Gasteiger partial charge in [0.05, 0.1) is 23.1 Å². The number of carbonyl (C=O) groups excluding carboxylic acids is 3. The minimum Gasteiger partial charge on any atom is -0.326 e. The van der Waals surface area contributed by atoms with E-state index >= 15 is 0 Å². The van der Waals surface area contributed by atoms with Crippen molar-refractivity contribution in [1.82, 2.24) is 0 Å². The van der Waals surface area contributed by atoms with E-state index in [0.717, 1.165) is 0 Å². The summed E-state index contributed by atoms with van der Waals surface area (Å²) in [6, 6.07) is 15.5. The van der Waals surface area contributed by atoms with E-state index in [1.165, 1.54) is 6.92 Å². The van der Waals surface area contributed by atoms with Gasteiger partial charge >= 0.3 is 0 Å². The van der Waals surface area contributed by atoms with Crippen LogP contribution in [0, 0.1) is 23.2 Å². The number of para-hydroxylation sites is 1. The first-order valence-corrected chi connectivity index (χ1v) is 8.46. The van der Waals surface area contributed by atoms with Gasteiger partial charge in [0.15, 0.2) is 0 Å². The number of rotatable bonds is 5. The maximum atomic E-state index is 12.4. The lowest BCUT2D eigenvalue weighted by molar-refractivity contribution is -0.122. The average molecular weight is 362 g/mol. The van der Waals surface area contributed by atoms with E-state index in [4.69, 9.17) is 5.26 Å². The minimum atomic E-state index is -0.421. The molecule has 1 aliphatic carbocycles. The highest BCUT2D eigenvalue weighted by atomic mass is 16.2. The van der Waals surface area contributed by atoms with E-state index in [-0.39, 0.29) is 17.7 Å². The van der Waals surface area contributed by atoms with Crippen molar-refractivity contribution in [2.24, 2.45) is 11.8 Å². The standard InChI is InChI=1S/C20H18N4O3/c1-12(25)22-14-6-4-7-15(9-14)23-19(26)16-10-17(16)20(27)24-18-8-3-2-5-13(18)11-21/h2-9,16-17H,10H2,1H3,(H,22,25)(H,23,26)(H,24,27). The topological polar surface area (TPSA) is 111 Å². The molecule has 0 aromatic heterocycles. The van der Waals surface area contributed by atoms with Crippen LogP contribution in [0.4, 0.5) is 17.1 Å². The van der Waals surface area contributed by atoms with Gasteiger partial charge in [0.2, 0.25) is 17.7 Å². The van der Waals surface area contributed by atoms with Gasteiger partial charge in [-0.25, -0.2) is 0 Å². The third kappa shape index (κ3) is 4.50. The summed E-state index contributed by atoms with van der Waals surface area (Å²) < 4.78 is 0. The first-order valence-electron chi connectivity index (χ1n) is 8.46. The molecule has 2 unspecified atom stereocenters. The summed E-state index contributed by atoms with van der Waals surface area (Å²) in [6.45, 7) is 1.41. The Morgan fingerprint density at radius 2 is 1.56 bits per heavy atom. The number of nitriles is 1. The van der Waals surface area contributed by atoms with Gasteiger partial charge in [-0.2, -0.15) is 5.26 Å². The van der Waals surface area contributed by atoms with E-state index in [9.17, 15) is 14.4 Å². The molecule has 0 bridgehead atoms. The molecule has 1 saturated carbocycles. The Hall–Kier alpha value is -3.66. The van der Waals surface area contributed by atoms with Crippen LogP contribution in [0.5, 0.6) is 0 Å². The van der Waals surface area contributed by atoms with Crippen LogP contribution < -0.4 is 16.0 Å². The lowest BCUT2D eigenvalue weighted by Gasteiger charge is -2.08. The largest absolute Gasteiger partial charge is 0.326 e. The number of hydrogen-bond acceptors (Lipinski definition) is 4. The number of hydrogen-bond donors (Lipinski definition) is 3. The van der Waals surface area contributed by atoms with Gasteiger partial charge < -0.3 is 16.0 Å². The molecule has 1 aliphatic rings. The van der Waals surface area contributed by atoms with Crippen LogP contribution in [0.2, 0.25) is 0 Å². The van der Waals surface area contributed by atoms with E-state index in [0.29, 0.717) is 29.0 Å². The minimum absolute atomic E-state index is 0.199. The molecule has 0 spiro atoms. The molecular weight excluding hydrogens is 344 g/mol. The van der Waals surface area contributed by atoms with E-state index in [1.807, 2.05) is 6.07 Å². The normalized spacial score (nSPS) is 17.3. The van der Waals surface area contributed by atoms with Crippen LogP contribution in [0.15, 0.2) is 48.5 Å². The smallest absolute Gasteiger partial charge is 0.228 e. The van der Waals surface area contributed by atoms with Crippen molar-refractivity contribution in [3.05, 3.63) is 54.1 Å². The lowest BCUT2D eigenvalue weighted by atomic mass is 10.2. The molecule has 7 nitrogen and oxygen atoms in total. The van der Waals surface area contributed by atoms with Crippen molar-refractivity contribution in [2.45, 2.75) is 13.3 Å². The van der Waals surface area contributed by atoms with Gasteiger partial charge in [0.25, 0.3) is 0 Å². The lowest BCUT2D eigenvalue weighted by Crippen LogP contribution is -2.21. The second kappa shape index (κ2) is 7.70. The molecule has 3 rings (SSSR count). The maximum Gasteiger partial charge on any atom is 0.228 e. The van der Waals surface area contributed by atoms with E-state index in [2.05, 4.69) is 16.0 Å². The monoisotopic (exact) mass is 362 g/mol. The highest BCUT2D eigenvalue weighted by Gasteiger charge is 2.48. The average Bonchev–Trinajstić information content (AvgIpc) is 3.43. The van der Waals surface area contributed by atoms with Gasteiger partial charge in [0, 0.05) is 18.3 Å². The van der Waals surface area contributed by atoms with Crippen molar-refractivity contribution in [2.75, 3.05) is 16.0 Å². The first-order chi connectivity index (χ1) is 13.0. The number of nitrogens with one attached hydrogen (secondary N) is 3. The molecule has 136 valence electrons. The van der Waals surface area contributed by atoms with Crippen molar-refractivity contribution < 1.29 is 14.4 Å². The highest BCUT2D eigenvalue weighted by molar-refractivity contribution is 6.04. The zero-order chi connectivity index (χ0) is 19.4. The number of nitrogens with zero attached hydrogens (tertiary/aromatic N) is 1. The molecule has 0 radical (unpaired) electrons. The van der Waals surface area contributed by atoms with Crippen LogP contribution in [0.3, 0.4) is 0 Å². The Labute approximate surface area is 156 Å². The quantitative estimate of drug-likeness (QED) is 0.759. The Morgan fingerprint density at radius 1 is 0.926 bits per heavy atom. The molecule has 0 saturated heterocycles. The highest BCUT2D eigenvalue weighted by Crippen LogP contribution is 2.40. The maximum absolute atomic E-state index is 12.4. The second-order valence-electron chi connectivity index (χ2n) is 6.35. The van der Waals surface area contributed by atoms with Crippen molar-refractivity contribution in [1.29, 1.82) is 5.26 Å². The summed E-state index contributed by atoms with van der Waals surface area (Å²) in [5, 5.41) is 17.2. The van der Waals surface area contributed by atoms with Crippen LogP contribution in [0.25, 0.3) is 0 Å². The Kier molecular flexibility index (Phi) is 5.18. The molecule has 3 amide bonds. The fourth-order valence-electron chi connectivity index (χ4n) is 2.80. The van der Waals surface area contributed by atoms with Crippen LogP contribution in [-0.2, 0) is 14.4 Å². The van der Waals surface area contributed by atoms with Gasteiger partial charge in [-0.3, -0.25) is 14.4 Å². The van der Waals surface area contributed by atoms with Crippen LogP contribution in [-0.4, -0.2) is 17.7 Å². The van der Waals surface area contributed by atoms with E-state index < -0.39 is 11.8 Å². The van der Waals surface area contributed by atoms with Crippen molar-refractivity contribution in [3.8, 4) is 6.07 Å². The molecule has 0 heterocycles. The molecular formula is C20H18N4O3. The van der Waals surface area contributed by atoms with Gasteiger partial charge in [-0.1, -0.05) is 18.2 Å². The van der Waals surface area contributed by atoms with Gasteiger partial charge in [-0.05, 0) is 36.8 Å².